The minimum atomic E-state index is -0.228. The van der Waals surface area contributed by atoms with Crippen LogP contribution in [0.4, 0.5) is 10.6 Å². The first-order chi connectivity index (χ1) is 12.2. The first-order valence-corrected chi connectivity index (χ1v) is 8.35. The summed E-state index contributed by atoms with van der Waals surface area (Å²) in [5, 5.41) is 12.0. The van der Waals surface area contributed by atoms with Gasteiger partial charge in [0.25, 0.3) is 0 Å². The molecule has 1 aliphatic rings. The predicted octanol–water partition coefficient (Wildman–Crippen LogP) is 1.13. The van der Waals surface area contributed by atoms with E-state index < -0.39 is 0 Å². The monoisotopic (exact) mass is 345 g/mol. The van der Waals surface area contributed by atoms with E-state index in [2.05, 4.69) is 21.1 Å². The van der Waals surface area contributed by atoms with Gasteiger partial charge in [0, 0.05) is 45.3 Å². The standard InChI is InChI=1S/C17H23N5O3/c1-25-15(23)6-2-3-7-20-17(24)22-11-9-21(10-12-22)16-14(13-18)5-4-8-19-16/h4-5,8H,2-3,6-7,9-12H2,1H3,(H,20,24). The number of aromatic nitrogens is 1. The van der Waals surface area contributed by atoms with E-state index in [9.17, 15) is 9.59 Å². The van der Waals surface area contributed by atoms with E-state index in [1.807, 2.05) is 4.90 Å². The number of nitrogens with zero attached hydrogens (tertiary/aromatic N) is 4. The molecule has 1 aromatic rings. The van der Waals surface area contributed by atoms with Crippen LogP contribution in [0.1, 0.15) is 24.8 Å². The lowest BCUT2D eigenvalue weighted by Gasteiger charge is -2.35. The molecule has 0 aliphatic carbocycles. The molecule has 0 bridgehead atoms. The molecule has 2 amide bonds. The maximum Gasteiger partial charge on any atom is 0.317 e. The third-order valence-corrected chi connectivity index (χ3v) is 4.09. The van der Waals surface area contributed by atoms with E-state index in [0.717, 1.165) is 6.42 Å². The number of carbonyl (C=O) groups excluding carboxylic acids is 2. The van der Waals surface area contributed by atoms with Gasteiger partial charge in [0.15, 0.2) is 0 Å². The number of methoxy groups -OCH3 is 1. The molecule has 8 nitrogen and oxygen atoms in total. The second-order valence-electron chi connectivity index (χ2n) is 5.73. The Labute approximate surface area is 147 Å². The summed E-state index contributed by atoms with van der Waals surface area (Å²) in [6, 6.07) is 5.54. The number of pyridine rings is 1. The van der Waals surface area contributed by atoms with Crippen LogP contribution in [0, 0.1) is 11.3 Å². The summed E-state index contributed by atoms with van der Waals surface area (Å²) in [4.78, 5) is 31.2. The fraction of sp³-hybridized carbons (Fsp3) is 0.529. The Hall–Kier alpha value is -2.82. The van der Waals surface area contributed by atoms with E-state index in [4.69, 9.17) is 5.26 Å². The molecule has 1 aromatic heterocycles. The number of piperazine rings is 1. The Bertz CT molecular complexity index is 635. The van der Waals surface area contributed by atoms with E-state index in [-0.39, 0.29) is 12.0 Å². The maximum absolute atomic E-state index is 12.2. The Balaban J connectivity index is 1.72. The molecular formula is C17H23N5O3. The van der Waals surface area contributed by atoms with Crippen molar-refractivity contribution in [3.63, 3.8) is 0 Å². The number of unbranched alkanes of at least 4 members (excludes halogenated alkanes) is 1. The summed E-state index contributed by atoms with van der Waals surface area (Å²) in [5.41, 5.74) is 0.547. The van der Waals surface area contributed by atoms with Crippen LogP contribution in [0.3, 0.4) is 0 Å². The fourth-order valence-corrected chi connectivity index (χ4v) is 2.66. The molecule has 0 spiro atoms. The van der Waals surface area contributed by atoms with Gasteiger partial charge in [0.05, 0.1) is 12.7 Å². The van der Waals surface area contributed by atoms with Gasteiger partial charge in [0.2, 0.25) is 0 Å². The van der Waals surface area contributed by atoms with E-state index >= 15 is 0 Å². The molecule has 1 N–H and O–H groups in total. The van der Waals surface area contributed by atoms with Crippen LogP contribution >= 0.6 is 0 Å². The highest BCUT2D eigenvalue weighted by Gasteiger charge is 2.23. The Morgan fingerprint density at radius 2 is 2.08 bits per heavy atom. The number of ether oxygens (including phenoxy) is 1. The average Bonchev–Trinajstić information content (AvgIpc) is 2.67. The van der Waals surface area contributed by atoms with Crippen molar-refractivity contribution in [2.75, 3.05) is 44.7 Å². The number of nitriles is 1. The highest BCUT2D eigenvalue weighted by Crippen LogP contribution is 2.17. The molecular weight excluding hydrogens is 322 g/mol. The van der Waals surface area contributed by atoms with Crippen LogP contribution in [-0.2, 0) is 9.53 Å². The number of hydrogen-bond acceptors (Lipinski definition) is 6. The van der Waals surface area contributed by atoms with Crippen molar-refractivity contribution in [1.82, 2.24) is 15.2 Å². The van der Waals surface area contributed by atoms with Gasteiger partial charge in [-0.05, 0) is 25.0 Å². The van der Waals surface area contributed by atoms with Crippen LogP contribution < -0.4 is 10.2 Å². The van der Waals surface area contributed by atoms with Crippen LogP contribution in [-0.4, -0.2) is 61.7 Å². The van der Waals surface area contributed by atoms with Gasteiger partial charge >= 0.3 is 12.0 Å². The molecule has 1 fully saturated rings. The fourth-order valence-electron chi connectivity index (χ4n) is 2.66. The summed E-state index contributed by atoms with van der Waals surface area (Å²) in [6.45, 7) is 2.97. The van der Waals surface area contributed by atoms with Gasteiger partial charge in [-0.25, -0.2) is 9.78 Å². The van der Waals surface area contributed by atoms with Gasteiger partial charge in [-0.15, -0.1) is 0 Å². The number of esters is 1. The molecule has 134 valence electrons. The van der Waals surface area contributed by atoms with Crippen molar-refractivity contribution in [1.29, 1.82) is 5.26 Å². The minimum absolute atomic E-state index is 0.0979. The van der Waals surface area contributed by atoms with Gasteiger partial charge in [-0.3, -0.25) is 4.79 Å². The van der Waals surface area contributed by atoms with Gasteiger partial charge in [-0.2, -0.15) is 5.26 Å². The van der Waals surface area contributed by atoms with Crippen molar-refractivity contribution in [3.8, 4) is 6.07 Å². The van der Waals surface area contributed by atoms with E-state index in [1.54, 1.807) is 23.2 Å². The summed E-state index contributed by atoms with van der Waals surface area (Å²) in [6.07, 6.45) is 3.47. The summed E-state index contributed by atoms with van der Waals surface area (Å²) < 4.78 is 4.57. The third-order valence-electron chi connectivity index (χ3n) is 4.09. The molecule has 0 saturated carbocycles. The van der Waals surface area contributed by atoms with Crippen molar-refractivity contribution < 1.29 is 14.3 Å². The smallest absolute Gasteiger partial charge is 0.317 e. The quantitative estimate of drug-likeness (QED) is 0.613. The third kappa shape index (κ3) is 5.35. The molecule has 2 heterocycles. The molecule has 1 saturated heterocycles. The number of nitrogens with one attached hydrogen (secondary N) is 1. The van der Waals surface area contributed by atoms with Crippen LogP contribution in [0.2, 0.25) is 0 Å². The molecule has 0 atom stereocenters. The number of carbonyl (C=O) groups is 2. The molecule has 0 aromatic carbocycles. The number of anilines is 1. The highest BCUT2D eigenvalue weighted by molar-refractivity contribution is 5.74. The molecule has 1 aliphatic heterocycles. The molecule has 2 rings (SSSR count). The Morgan fingerprint density at radius 1 is 1.32 bits per heavy atom. The number of urea groups is 1. The normalized spacial score (nSPS) is 13.9. The molecule has 0 radical (unpaired) electrons. The molecule has 25 heavy (non-hydrogen) atoms. The number of rotatable bonds is 6. The Kier molecular flexibility index (Phi) is 7.01. The first-order valence-electron chi connectivity index (χ1n) is 8.35. The maximum atomic E-state index is 12.2. The van der Waals surface area contributed by atoms with Crippen molar-refractivity contribution in [2.45, 2.75) is 19.3 Å². The second-order valence-corrected chi connectivity index (χ2v) is 5.73. The topological polar surface area (TPSA) is 98.6 Å². The minimum Gasteiger partial charge on any atom is -0.469 e. The first kappa shape index (κ1) is 18.5. The van der Waals surface area contributed by atoms with Crippen molar-refractivity contribution >= 4 is 17.8 Å². The average molecular weight is 345 g/mol. The lowest BCUT2D eigenvalue weighted by Crippen LogP contribution is -2.52. The van der Waals surface area contributed by atoms with Gasteiger partial charge < -0.3 is 19.9 Å². The molecule has 8 heteroatoms. The second kappa shape index (κ2) is 9.47. The lowest BCUT2D eigenvalue weighted by molar-refractivity contribution is -0.140. The van der Waals surface area contributed by atoms with Crippen molar-refractivity contribution in [3.05, 3.63) is 23.9 Å². The van der Waals surface area contributed by atoms with Crippen LogP contribution in [0.15, 0.2) is 18.3 Å². The molecule has 0 unspecified atom stereocenters. The van der Waals surface area contributed by atoms with E-state index in [1.165, 1.54) is 7.11 Å². The summed E-state index contributed by atoms with van der Waals surface area (Å²) in [5.74, 6) is 0.446. The van der Waals surface area contributed by atoms with Crippen LogP contribution in [0.25, 0.3) is 0 Å². The number of hydrogen-bond donors (Lipinski definition) is 1. The lowest BCUT2D eigenvalue weighted by atomic mass is 10.2. The zero-order chi connectivity index (χ0) is 18.1. The van der Waals surface area contributed by atoms with Gasteiger partial charge in [0.1, 0.15) is 11.9 Å². The zero-order valence-corrected chi connectivity index (χ0v) is 14.4. The number of amides is 2. The van der Waals surface area contributed by atoms with Crippen molar-refractivity contribution in [2.24, 2.45) is 0 Å². The summed E-state index contributed by atoms with van der Waals surface area (Å²) in [7, 11) is 1.37. The largest absolute Gasteiger partial charge is 0.469 e. The highest BCUT2D eigenvalue weighted by atomic mass is 16.5. The SMILES string of the molecule is COC(=O)CCCCNC(=O)N1CCN(c2ncccc2C#N)CC1. The predicted molar refractivity (Wildman–Crippen MR) is 92.0 cm³/mol. The zero-order valence-electron chi connectivity index (χ0n) is 14.4. The van der Waals surface area contributed by atoms with Gasteiger partial charge in [-0.1, -0.05) is 0 Å². The Morgan fingerprint density at radius 3 is 2.76 bits per heavy atom. The van der Waals surface area contributed by atoms with Crippen LogP contribution in [0.5, 0.6) is 0 Å². The summed E-state index contributed by atoms with van der Waals surface area (Å²) >= 11 is 0. The van der Waals surface area contributed by atoms with E-state index in [0.29, 0.717) is 56.9 Å².